The number of sulfone groups is 1. The Morgan fingerprint density at radius 3 is 2.33 bits per heavy atom. The quantitative estimate of drug-likeness (QED) is 0.306. The van der Waals surface area contributed by atoms with Crippen molar-refractivity contribution in [3.8, 4) is 0 Å². The smallest absolute Gasteiger partial charge is 0.258 e. The normalized spacial score (nSPS) is 13.6. The van der Waals surface area contributed by atoms with E-state index in [4.69, 9.17) is 17.3 Å². The molecule has 0 unspecified atom stereocenters. The van der Waals surface area contributed by atoms with Gasteiger partial charge in [-0.1, -0.05) is 11.6 Å². The maximum atomic E-state index is 13.8. The summed E-state index contributed by atoms with van der Waals surface area (Å²) in [4.78, 5) is 42.2. The Bertz CT molecular complexity index is 1540. The molecule has 1 aliphatic heterocycles. The maximum absolute atomic E-state index is 13.8. The van der Waals surface area contributed by atoms with Crippen LogP contribution >= 0.6 is 11.6 Å². The van der Waals surface area contributed by atoms with Crippen LogP contribution in [0.3, 0.4) is 0 Å². The third kappa shape index (κ3) is 6.52. The number of nitrogens with two attached hydrogens (primary N) is 1. The van der Waals surface area contributed by atoms with Gasteiger partial charge in [0.1, 0.15) is 12.4 Å². The highest BCUT2D eigenvalue weighted by atomic mass is 35.5. The van der Waals surface area contributed by atoms with E-state index in [1.165, 1.54) is 35.2 Å². The van der Waals surface area contributed by atoms with Crippen molar-refractivity contribution in [2.45, 2.75) is 4.90 Å². The van der Waals surface area contributed by atoms with E-state index in [2.05, 4.69) is 5.32 Å². The number of hydrogen-bond acceptors (Lipinski definition) is 7. The number of nitrogen functional groups attached to an aromatic ring is 1. The Labute approximate surface area is 236 Å². The molecule has 0 aliphatic carbocycles. The molecule has 0 spiro atoms. The molecule has 0 saturated carbocycles. The summed E-state index contributed by atoms with van der Waals surface area (Å²) in [7, 11) is -3.68. The average Bonchev–Trinajstić information content (AvgIpc) is 2.93. The molecule has 1 heterocycles. The predicted octanol–water partition coefficient (Wildman–Crippen LogP) is 3.03. The van der Waals surface area contributed by atoms with E-state index in [0.717, 1.165) is 12.3 Å². The SMILES string of the molecule is CS(=O)(=O)c1cc(F)ccc1N1CCN(C(=O)CN(C(=O)c2ccc(Cl)c(N)c2)c2ccc(NC=O)cc2)CC1. The second-order valence-corrected chi connectivity index (χ2v) is 11.6. The molecule has 1 aliphatic rings. The van der Waals surface area contributed by atoms with Crippen molar-refractivity contribution in [2.75, 3.05) is 59.8 Å². The molecule has 40 heavy (non-hydrogen) atoms. The van der Waals surface area contributed by atoms with Gasteiger partial charge in [0.15, 0.2) is 9.84 Å². The second kappa shape index (κ2) is 11.9. The molecule has 0 atom stereocenters. The van der Waals surface area contributed by atoms with Crippen molar-refractivity contribution in [1.29, 1.82) is 0 Å². The van der Waals surface area contributed by atoms with Crippen LogP contribution in [0.2, 0.25) is 5.02 Å². The van der Waals surface area contributed by atoms with Crippen LogP contribution in [0.25, 0.3) is 0 Å². The zero-order valence-electron chi connectivity index (χ0n) is 21.5. The van der Waals surface area contributed by atoms with Gasteiger partial charge in [-0.25, -0.2) is 12.8 Å². The fourth-order valence-corrected chi connectivity index (χ4v) is 5.42. The summed E-state index contributed by atoms with van der Waals surface area (Å²) in [6.45, 7) is 0.864. The Balaban J connectivity index is 1.53. The molecule has 3 amide bonds. The van der Waals surface area contributed by atoms with Gasteiger partial charge in [-0.3, -0.25) is 19.3 Å². The van der Waals surface area contributed by atoms with Crippen LogP contribution in [0.4, 0.5) is 27.1 Å². The third-order valence-corrected chi connectivity index (χ3v) is 7.95. The largest absolute Gasteiger partial charge is 0.398 e. The number of benzene rings is 3. The molecule has 13 heteroatoms. The number of rotatable bonds is 8. The van der Waals surface area contributed by atoms with Crippen molar-refractivity contribution in [2.24, 2.45) is 0 Å². The summed E-state index contributed by atoms with van der Waals surface area (Å²) in [5.41, 5.74) is 7.65. The first kappa shape index (κ1) is 28.8. The first-order valence-corrected chi connectivity index (χ1v) is 14.4. The number of amides is 3. The van der Waals surface area contributed by atoms with E-state index in [9.17, 15) is 27.2 Å². The maximum Gasteiger partial charge on any atom is 0.258 e. The van der Waals surface area contributed by atoms with Crippen molar-refractivity contribution < 1.29 is 27.2 Å². The number of nitrogens with one attached hydrogen (secondary N) is 1. The van der Waals surface area contributed by atoms with E-state index >= 15 is 0 Å². The summed E-state index contributed by atoms with van der Waals surface area (Å²) in [5, 5.41) is 2.81. The zero-order chi connectivity index (χ0) is 29.0. The molecule has 210 valence electrons. The van der Waals surface area contributed by atoms with E-state index < -0.39 is 21.6 Å². The van der Waals surface area contributed by atoms with Gasteiger partial charge in [0.05, 0.1) is 21.3 Å². The lowest BCUT2D eigenvalue weighted by atomic mass is 10.1. The van der Waals surface area contributed by atoms with Gasteiger partial charge in [0.2, 0.25) is 12.3 Å². The molecule has 4 rings (SSSR count). The van der Waals surface area contributed by atoms with Crippen LogP contribution < -0.4 is 20.9 Å². The fourth-order valence-electron chi connectivity index (χ4n) is 4.40. The van der Waals surface area contributed by atoms with Crippen LogP contribution in [0, 0.1) is 5.82 Å². The molecule has 3 aromatic carbocycles. The summed E-state index contributed by atoms with van der Waals surface area (Å²) < 4.78 is 38.2. The number of nitrogens with zero attached hydrogens (tertiary/aromatic N) is 3. The number of piperazine rings is 1. The van der Waals surface area contributed by atoms with Gasteiger partial charge >= 0.3 is 0 Å². The van der Waals surface area contributed by atoms with Gasteiger partial charge in [-0.05, 0) is 60.7 Å². The molecule has 10 nitrogen and oxygen atoms in total. The molecule has 0 aromatic heterocycles. The molecular formula is C27H27ClFN5O5S. The monoisotopic (exact) mass is 587 g/mol. The molecule has 3 aromatic rings. The van der Waals surface area contributed by atoms with Gasteiger partial charge < -0.3 is 20.9 Å². The zero-order valence-corrected chi connectivity index (χ0v) is 23.1. The lowest BCUT2D eigenvalue weighted by Gasteiger charge is -2.37. The van der Waals surface area contributed by atoms with E-state index in [-0.39, 0.29) is 41.7 Å². The molecule has 3 N–H and O–H groups in total. The standard InChI is InChI=1S/C27H27ClFN5O5S/c1-40(38,39)25-15-19(29)3-9-24(25)32-10-12-33(13-11-32)26(36)16-34(21-6-4-20(5-7-21)31-17-35)27(37)18-2-8-22(28)23(30)14-18/h2-9,14-15,17H,10-13,16,30H2,1H3,(H,31,35). The van der Waals surface area contributed by atoms with Gasteiger partial charge in [-0.2, -0.15) is 0 Å². The number of anilines is 4. The van der Waals surface area contributed by atoms with Crippen LogP contribution in [-0.2, 0) is 19.4 Å². The van der Waals surface area contributed by atoms with Crippen LogP contribution in [0.5, 0.6) is 0 Å². The van der Waals surface area contributed by atoms with Gasteiger partial charge in [0.25, 0.3) is 5.91 Å². The van der Waals surface area contributed by atoms with Gasteiger partial charge in [-0.15, -0.1) is 0 Å². The molecule has 0 radical (unpaired) electrons. The van der Waals surface area contributed by atoms with Crippen molar-refractivity contribution in [3.05, 3.63) is 77.1 Å². The first-order valence-electron chi connectivity index (χ1n) is 12.2. The highest BCUT2D eigenvalue weighted by Crippen LogP contribution is 2.28. The highest BCUT2D eigenvalue weighted by molar-refractivity contribution is 7.90. The summed E-state index contributed by atoms with van der Waals surface area (Å²) in [6, 6.07) is 14.5. The Kier molecular flexibility index (Phi) is 8.60. The molecular weight excluding hydrogens is 561 g/mol. The minimum atomic E-state index is -3.68. The molecule has 1 saturated heterocycles. The summed E-state index contributed by atoms with van der Waals surface area (Å²) >= 11 is 6.01. The fraction of sp³-hybridized carbons (Fsp3) is 0.222. The van der Waals surface area contributed by atoms with E-state index in [0.29, 0.717) is 41.6 Å². The number of carbonyl (C=O) groups excluding carboxylic acids is 3. The van der Waals surface area contributed by atoms with Crippen molar-refractivity contribution in [1.82, 2.24) is 4.90 Å². The second-order valence-electron chi connectivity index (χ2n) is 9.19. The highest BCUT2D eigenvalue weighted by Gasteiger charge is 2.28. The topological polar surface area (TPSA) is 133 Å². The van der Waals surface area contributed by atoms with Gasteiger partial charge in [0, 0.05) is 49.4 Å². The van der Waals surface area contributed by atoms with Crippen LogP contribution in [0.1, 0.15) is 10.4 Å². The van der Waals surface area contributed by atoms with Crippen LogP contribution in [0.15, 0.2) is 65.6 Å². The van der Waals surface area contributed by atoms with Crippen LogP contribution in [-0.4, -0.2) is 70.5 Å². The van der Waals surface area contributed by atoms with Crippen molar-refractivity contribution >= 4 is 62.4 Å². The lowest BCUT2D eigenvalue weighted by Crippen LogP contribution is -2.52. The van der Waals surface area contributed by atoms with Crippen molar-refractivity contribution in [3.63, 3.8) is 0 Å². The van der Waals surface area contributed by atoms with E-state index in [1.807, 2.05) is 0 Å². The third-order valence-electron chi connectivity index (χ3n) is 6.48. The first-order chi connectivity index (χ1) is 19.0. The minimum Gasteiger partial charge on any atom is -0.398 e. The molecule has 0 bridgehead atoms. The lowest BCUT2D eigenvalue weighted by molar-refractivity contribution is -0.129. The average molecular weight is 588 g/mol. The summed E-state index contributed by atoms with van der Waals surface area (Å²) in [6.07, 6.45) is 1.55. The number of halogens is 2. The Hall–Kier alpha value is -4.16. The van der Waals surface area contributed by atoms with E-state index in [1.54, 1.807) is 34.1 Å². The summed E-state index contributed by atoms with van der Waals surface area (Å²) in [5.74, 6) is -1.46. The minimum absolute atomic E-state index is 0.112. The number of carbonyl (C=O) groups is 3. The Morgan fingerprint density at radius 2 is 1.73 bits per heavy atom. The molecule has 1 fully saturated rings. The predicted molar refractivity (Wildman–Crippen MR) is 152 cm³/mol. The number of hydrogen-bond donors (Lipinski definition) is 2. The Morgan fingerprint density at radius 1 is 1.05 bits per heavy atom.